The van der Waals surface area contributed by atoms with E-state index in [9.17, 15) is 9.59 Å². The predicted octanol–water partition coefficient (Wildman–Crippen LogP) is 1.78. The molecule has 0 atom stereocenters. The van der Waals surface area contributed by atoms with Gasteiger partial charge in [-0.05, 0) is 18.9 Å². The highest BCUT2D eigenvalue weighted by Gasteiger charge is 2.04. The van der Waals surface area contributed by atoms with Crippen LogP contribution in [0.3, 0.4) is 0 Å². The second-order valence-electron chi connectivity index (χ2n) is 2.57. The summed E-state index contributed by atoms with van der Waals surface area (Å²) >= 11 is 0. The van der Waals surface area contributed by atoms with E-state index in [1.807, 2.05) is 0 Å². The molecule has 0 aliphatic rings. The highest BCUT2D eigenvalue weighted by atomic mass is 16.4. The first-order valence-corrected chi connectivity index (χ1v) is 4.12. The monoisotopic (exact) mass is 170 g/mol. The van der Waals surface area contributed by atoms with Crippen LogP contribution in [-0.2, 0) is 9.59 Å². The molecule has 3 heteroatoms. The molecule has 0 saturated heterocycles. The fourth-order valence-corrected chi connectivity index (χ4v) is 0.774. The molecule has 12 heavy (non-hydrogen) atoms. The molecule has 3 nitrogen and oxygen atoms in total. The first kappa shape index (κ1) is 10.9. The largest absolute Gasteiger partial charge is 0.475 e. The number of carboxylic acid groups (broad SMARTS) is 1. The summed E-state index contributed by atoms with van der Waals surface area (Å²) in [6, 6.07) is 0. The lowest BCUT2D eigenvalue weighted by molar-refractivity contribution is -0.146. The van der Waals surface area contributed by atoms with Crippen molar-refractivity contribution in [3.05, 3.63) is 12.2 Å². The molecule has 0 aliphatic carbocycles. The van der Waals surface area contributed by atoms with E-state index in [4.69, 9.17) is 5.11 Å². The summed E-state index contributed by atoms with van der Waals surface area (Å²) in [6.45, 7) is 2.09. The minimum absolute atomic E-state index is 0.785. The quantitative estimate of drug-likeness (QED) is 0.375. The lowest BCUT2D eigenvalue weighted by atomic mass is 10.2. The van der Waals surface area contributed by atoms with Crippen LogP contribution in [0.15, 0.2) is 12.2 Å². The maximum absolute atomic E-state index is 10.5. The first-order valence-electron chi connectivity index (χ1n) is 4.12. The first-order chi connectivity index (χ1) is 5.68. The van der Waals surface area contributed by atoms with Crippen LogP contribution in [0.4, 0.5) is 0 Å². The van der Waals surface area contributed by atoms with Gasteiger partial charge in [0.1, 0.15) is 0 Å². The Hall–Kier alpha value is -1.12. The van der Waals surface area contributed by atoms with Crippen LogP contribution in [0.25, 0.3) is 0 Å². The van der Waals surface area contributed by atoms with Crippen molar-refractivity contribution in [3.63, 3.8) is 0 Å². The molecular weight excluding hydrogens is 156 g/mol. The SMILES string of the molecule is CCCCC/C=C\C(=O)C(=O)O. The van der Waals surface area contributed by atoms with Crippen LogP contribution < -0.4 is 0 Å². The van der Waals surface area contributed by atoms with Crippen LogP contribution in [0.2, 0.25) is 0 Å². The minimum atomic E-state index is -1.39. The van der Waals surface area contributed by atoms with E-state index >= 15 is 0 Å². The Balaban J connectivity index is 3.48. The van der Waals surface area contributed by atoms with Gasteiger partial charge in [-0.15, -0.1) is 0 Å². The van der Waals surface area contributed by atoms with Gasteiger partial charge >= 0.3 is 5.97 Å². The fourth-order valence-electron chi connectivity index (χ4n) is 0.774. The molecular formula is C9H14O3. The van der Waals surface area contributed by atoms with E-state index in [1.54, 1.807) is 6.08 Å². The van der Waals surface area contributed by atoms with Crippen LogP contribution >= 0.6 is 0 Å². The molecule has 0 radical (unpaired) electrons. The standard InChI is InChI=1S/C9H14O3/c1-2-3-4-5-6-7-8(10)9(11)12/h6-7H,2-5H2,1H3,(H,11,12)/b7-6-. The maximum atomic E-state index is 10.5. The number of carbonyl (C=O) groups excluding carboxylic acids is 1. The van der Waals surface area contributed by atoms with E-state index in [0.717, 1.165) is 31.8 Å². The number of unbranched alkanes of at least 4 members (excludes halogenated alkanes) is 3. The lowest BCUT2D eigenvalue weighted by Gasteiger charge is -1.90. The fraction of sp³-hybridized carbons (Fsp3) is 0.556. The average molecular weight is 170 g/mol. The molecule has 0 unspecified atom stereocenters. The lowest BCUT2D eigenvalue weighted by Crippen LogP contribution is -2.08. The second kappa shape index (κ2) is 6.58. The van der Waals surface area contributed by atoms with Crippen LogP contribution in [0.1, 0.15) is 32.6 Å². The van der Waals surface area contributed by atoms with Crippen LogP contribution in [-0.4, -0.2) is 16.9 Å². The van der Waals surface area contributed by atoms with Gasteiger partial charge in [0.25, 0.3) is 5.78 Å². The predicted molar refractivity (Wildman–Crippen MR) is 45.9 cm³/mol. The number of carbonyl (C=O) groups is 2. The number of ketones is 1. The van der Waals surface area contributed by atoms with Gasteiger partial charge in [0, 0.05) is 0 Å². The van der Waals surface area contributed by atoms with Crippen LogP contribution in [0.5, 0.6) is 0 Å². The number of hydrogen-bond acceptors (Lipinski definition) is 2. The summed E-state index contributed by atoms with van der Waals surface area (Å²) in [7, 11) is 0. The van der Waals surface area contributed by atoms with Gasteiger partial charge < -0.3 is 5.11 Å². The molecule has 0 aromatic heterocycles. The third-order valence-corrected chi connectivity index (χ3v) is 1.45. The Morgan fingerprint density at radius 1 is 1.33 bits per heavy atom. The van der Waals surface area contributed by atoms with Crippen molar-refractivity contribution in [3.8, 4) is 0 Å². The smallest absolute Gasteiger partial charge is 0.376 e. The van der Waals surface area contributed by atoms with Gasteiger partial charge in [0.2, 0.25) is 0 Å². The Kier molecular flexibility index (Phi) is 5.97. The van der Waals surface area contributed by atoms with Crippen molar-refractivity contribution >= 4 is 11.8 Å². The molecule has 0 aromatic carbocycles. The topological polar surface area (TPSA) is 54.4 Å². The zero-order valence-corrected chi connectivity index (χ0v) is 7.25. The van der Waals surface area contributed by atoms with E-state index < -0.39 is 11.8 Å². The molecule has 1 N–H and O–H groups in total. The summed E-state index contributed by atoms with van der Waals surface area (Å²) in [6.07, 6.45) is 6.78. The van der Waals surface area contributed by atoms with Gasteiger partial charge in [-0.3, -0.25) is 4.79 Å². The normalized spacial score (nSPS) is 10.4. The van der Waals surface area contributed by atoms with Gasteiger partial charge in [0.15, 0.2) is 0 Å². The van der Waals surface area contributed by atoms with Gasteiger partial charge in [0.05, 0.1) is 0 Å². The molecule has 68 valence electrons. The summed E-state index contributed by atoms with van der Waals surface area (Å²) < 4.78 is 0. The van der Waals surface area contributed by atoms with E-state index in [1.165, 1.54) is 0 Å². The Bertz CT molecular complexity index is 182. The Labute approximate surface area is 72.1 Å². The second-order valence-corrected chi connectivity index (χ2v) is 2.57. The van der Waals surface area contributed by atoms with E-state index in [0.29, 0.717) is 0 Å². The van der Waals surface area contributed by atoms with Crippen molar-refractivity contribution in [2.45, 2.75) is 32.6 Å². The number of rotatable bonds is 6. The maximum Gasteiger partial charge on any atom is 0.376 e. The summed E-state index contributed by atoms with van der Waals surface area (Å²) in [5, 5.41) is 8.18. The molecule has 0 spiro atoms. The number of carboxylic acids is 1. The van der Waals surface area contributed by atoms with Gasteiger partial charge in [-0.1, -0.05) is 25.8 Å². The van der Waals surface area contributed by atoms with Gasteiger partial charge in [-0.2, -0.15) is 0 Å². The number of aliphatic carboxylic acids is 1. The Morgan fingerprint density at radius 2 is 2.00 bits per heavy atom. The van der Waals surface area contributed by atoms with Crippen LogP contribution in [0, 0.1) is 0 Å². The Morgan fingerprint density at radius 3 is 2.50 bits per heavy atom. The van der Waals surface area contributed by atoms with Crippen molar-refractivity contribution < 1.29 is 14.7 Å². The number of hydrogen-bond donors (Lipinski definition) is 1. The molecule has 0 saturated carbocycles. The summed E-state index contributed by atoms with van der Waals surface area (Å²) in [5.41, 5.74) is 0. The molecule has 0 heterocycles. The molecule has 0 aliphatic heterocycles. The van der Waals surface area contributed by atoms with E-state index in [2.05, 4.69) is 6.92 Å². The molecule has 0 fully saturated rings. The average Bonchev–Trinajstić information content (AvgIpc) is 2.03. The van der Waals surface area contributed by atoms with Crippen molar-refractivity contribution in [2.75, 3.05) is 0 Å². The molecule has 0 bridgehead atoms. The van der Waals surface area contributed by atoms with Gasteiger partial charge in [-0.25, -0.2) is 4.79 Å². The van der Waals surface area contributed by atoms with Crippen molar-refractivity contribution in [1.29, 1.82) is 0 Å². The van der Waals surface area contributed by atoms with E-state index in [-0.39, 0.29) is 0 Å². The highest BCUT2D eigenvalue weighted by molar-refractivity contribution is 6.37. The minimum Gasteiger partial charge on any atom is -0.475 e. The van der Waals surface area contributed by atoms with Crippen molar-refractivity contribution in [1.82, 2.24) is 0 Å². The number of allylic oxidation sites excluding steroid dienone is 1. The van der Waals surface area contributed by atoms with Crippen molar-refractivity contribution in [2.24, 2.45) is 0 Å². The third kappa shape index (κ3) is 5.65. The zero-order valence-electron chi connectivity index (χ0n) is 7.25. The third-order valence-electron chi connectivity index (χ3n) is 1.45. The highest BCUT2D eigenvalue weighted by Crippen LogP contribution is 1.99. The zero-order chi connectivity index (χ0) is 9.40. The summed E-state index contributed by atoms with van der Waals surface area (Å²) in [5.74, 6) is -2.23. The molecule has 0 aromatic rings. The molecule has 0 rings (SSSR count). The molecule has 0 amide bonds. The summed E-state index contributed by atoms with van der Waals surface area (Å²) in [4.78, 5) is 20.5.